The summed E-state index contributed by atoms with van der Waals surface area (Å²) in [4.78, 5) is 12.1. The van der Waals surface area contributed by atoms with E-state index in [1.165, 1.54) is 0 Å². The first-order valence-electron chi connectivity index (χ1n) is 8.80. The Hall–Kier alpha value is -3.41. The molecule has 0 aromatic heterocycles. The maximum atomic E-state index is 13.7. The second kappa shape index (κ2) is 7.31. The van der Waals surface area contributed by atoms with Crippen molar-refractivity contribution in [3.05, 3.63) is 89.0 Å². The zero-order chi connectivity index (χ0) is 19.7. The molecule has 142 valence electrons. The molecule has 0 radical (unpaired) electrons. The van der Waals surface area contributed by atoms with Gasteiger partial charge >= 0.3 is 6.09 Å². The van der Waals surface area contributed by atoms with E-state index in [9.17, 15) is 13.6 Å². The summed E-state index contributed by atoms with van der Waals surface area (Å²) < 4.78 is 32.8. The molecule has 3 aromatic rings. The van der Waals surface area contributed by atoms with Gasteiger partial charge in [0.05, 0.1) is 6.54 Å². The zero-order valence-electron chi connectivity index (χ0n) is 14.8. The van der Waals surface area contributed by atoms with Crippen LogP contribution in [0.15, 0.2) is 60.7 Å². The van der Waals surface area contributed by atoms with Crippen LogP contribution in [0.2, 0.25) is 0 Å². The lowest BCUT2D eigenvalue weighted by Crippen LogP contribution is -2.26. The molecule has 0 saturated carbocycles. The van der Waals surface area contributed by atoms with Crippen molar-refractivity contribution in [2.24, 2.45) is 0 Å². The van der Waals surface area contributed by atoms with E-state index < -0.39 is 23.5 Å². The Morgan fingerprint density at radius 2 is 1.50 bits per heavy atom. The van der Waals surface area contributed by atoms with Crippen molar-refractivity contribution in [2.45, 2.75) is 12.5 Å². The highest BCUT2D eigenvalue weighted by molar-refractivity contribution is 5.79. The lowest BCUT2D eigenvalue weighted by Gasteiger charge is -2.15. The summed E-state index contributed by atoms with van der Waals surface area (Å²) in [6.45, 7) is -0.269. The van der Waals surface area contributed by atoms with Crippen LogP contribution in [-0.2, 0) is 11.3 Å². The molecular formula is C22H17F2NO3. The topological polar surface area (TPSA) is 58.6 Å². The van der Waals surface area contributed by atoms with E-state index in [2.05, 4.69) is 5.32 Å². The molecule has 1 aliphatic rings. The maximum absolute atomic E-state index is 13.7. The lowest BCUT2D eigenvalue weighted by atomic mass is 9.98. The van der Waals surface area contributed by atoms with Crippen LogP contribution in [0.3, 0.4) is 0 Å². The van der Waals surface area contributed by atoms with E-state index in [-0.39, 0.29) is 24.6 Å². The molecule has 0 aliphatic heterocycles. The number of nitrogens with one attached hydrogen (secondary N) is 1. The predicted octanol–water partition coefficient (Wildman–Crippen LogP) is 4.71. The summed E-state index contributed by atoms with van der Waals surface area (Å²) in [5, 5.41) is 11.5. The minimum Gasteiger partial charge on any atom is -0.508 e. The number of benzene rings is 3. The van der Waals surface area contributed by atoms with Gasteiger partial charge in [-0.25, -0.2) is 13.6 Å². The maximum Gasteiger partial charge on any atom is 0.407 e. The number of carbonyl (C=O) groups is 1. The molecule has 0 fully saturated rings. The number of phenols is 1. The van der Waals surface area contributed by atoms with E-state index in [1.54, 1.807) is 0 Å². The molecule has 0 heterocycles. The highest BCUT2D eigenvalue weighted by Gasteiger charge is 2.29. The van der Waals surface area contributed by atoms with Crippen LogP contribution in [0.1, 0.15) is 22.6 Å². The molecule has 3 aromatic carbocycles. The highest BCUT2D eigenvalue weighted by atomic mass is 19.1. The van der Waals surface area contributed by atoms with Crippen LogP contribution < -0.4 is 5.32 Å². The molecule has 6 heteroatoms. The van der Waals surface area contributed by atoms with Gasteiger partial charge in [0.2, 0.25) is 0 Å². The zero-order valence-corrected chi connectivity index (χ0v) is 14.8. The number of aromatic hydroxyl groups is 1. The van der Waals surface area contributed by atoms with Crippen LogP contribution in [-0.4, -0.2) is 17.8 Å². The van der Waals surface area contributed by atoms with Gasteiger partial charge in [-0.2, -0.15) is 0 Å². The molecule has 4 nitrogen and oxygen atoms in total. The Labute approximate surface area is 160 Å². The largest absolute Gasteiger partial charge is 0.508 e. The van der Waals surface area contributed by atoms with Crippen LogP contribution in [0.25, 0.3) is 11.1 Å². The standard InChI is InChI=1S/C22H17F2NO3/c23-20-9-13(26)10-21(24)18(20)11-25-22(27)28-12-19-16-7-3-1-5-14(16)15-6-2-4-8-17(15)19/h1-10,19,26H,11-12H2,(H,25,27). The Bertz CT molecular complexity index is 983. The molecular weight excluding hydrogens is 364 g/mol. The summed E-state index contributed by atoms with van der Waals surface area (Å²) in [6.07, 6.45) is -0.770. The number of carbonyl (C=O) groups excluding carboxylic acids is 1. The molecule has 28 heavy (non-hydrogen) atoms. The fourth-order valence-electron chi connectivity index (χ4n) is 3.57. The Morgan fingerprint density at radius 1 is 0.964 bits per heavy atom. The fourth-order valence-corrected chi connectivity index (χ4v) is 3.57. The average Bonchev–Trinajstić information content (AvgIpc) is 2.99. The molecule has 0 saturated heterocycles. The number of rotatable bonds is 4. The minimum absolute atomic E-state index is 0.0969. The molecule has 0 spiro atoms. The summed E-state index contributed by atoms with van der Waals surface area (Å²) in [5.41, 5.74) is 4.03. The van der Waals surface area contributed by atoms with Crippen molar-refractivity contribution in [2.75, 3.05) is 6.61 Å². The summed E-state index contributed by atoms with van der Waals surface area (Å²) >= 11 is 0. The van der Waals surface area contributed by atoms with Gasteiger partial charge in [-0.1, -0.05) is 48.5 Å². The molecule has 2 N–H and O–H groups in total. The van der Waals surface area contributed by atoms with E-state index in [4.69, 9.17) is 9.84 Å². The number of halogens is 2. The highest BCUT2D eigenvalue weighted by Crippen LogP contribution is 2.44. The first-order valence-corrected chi connectivity index (χ1v) is 8.80. The molecule has 1 amide bonds. The van der Waals surface area contributed by atoms with Gasteiger partial charge in [0.15, 0.2) is 0 Å². The lowest BCUT2D eigenvalue weighted by molar-refractivity contribution is 0.142. The Kier molecular flexibility index (Phi) is 4.69. The first-order chi connectivity index (χ1) is 13.5. The molecule has 0 bridgehead atoms. The van der Waals surface area contributed by atoms with E-state index in [0.29, 0.717) is 0 Å². The monoisotopic (exact) mass is 381 g/mol. The van der Waals surface area contributed by atoms with Gasteiger partial charge in [0, 0.05) is 23.6 Å². The summed E-state index contributed by atoms with van der Waals surface area (Å²) in [6, 6.07) is 17.5. The minimum atomic E-state index is -0.934. The van der Waals surface area contributed by atoms with Crippen molar-refractivity contribution in [3.63, 3.8) is 0 Å². The number of hydrogen-bond acceptors (Lipinski definition) is 3. The normalized spacial score (nSPS) is 12.4. The van der Waals surface area contributed by atoms with E-state index >= 15 is 0 Å². The van der Waals surface area contributed by atoms with E-state index in [0.717, 1.165) is 34.4 Å². The van der Waals surface area contributed by atoms with Gasteiger partial charge in [-0.05, 0) is 22.3 Å². The SMILES string of the molecule is O=C(NCc1c(F)cc(O)cc1F)OCC1c2ccccc2-c2ccccc21. The van der Waals surface area contributed by atoms with Crippen LogP contribution in [0.4, 0.5) is 13.6 Å². The predicted molar refractivity (Wildman–Crippen MR) is 99.9 cm³/mol. The van der Waals surface area contributed by atoms with Crippen molar-refractivity contribution in [1.29, 1.82) is 0 Å². The Morgan fingerprint density at radius 3 is 2.07 bits per heavy atom. The fraction of sp³-hybridized carbons (Fsp3) is 0.136. The number of hydrogen-bond donors (Lipinski definition) is 2. The van der Waals surface area contributed by atoms with Gasteiger partial charge in [0.1, 0.15) is 24.0 Å². The number of ether oxygens (including phenoxy) is 1. The van der Waals surface area contributed by atoms with Crippen molar-refractivity contribution >= 4 is 6.09 Å². The van der Waals surface area contributed by atoms with Crippen molar-refractivity contribution in [3.8, 4) is 16.9 Å². The van der Waals surface area contributed by atoms with Gasteiger partial charge in [-0.15, -0.1) is 0 Å². The summed E-state index contributed by atoms with van der Waals surface area (Å²) in [7, 11) is 0. The molecule has 1 aliphatic carbocycles. The quantitative estimate of drug-likeness (QED) is 0.688. The second-order valence-corrected chi connectivity index (χ2v) is 6.57. The number of fused-ring (bicyclic) bond motifs is 3. The molecule has 0 unspecified atom stereocenters. The van der Waals surface area contributed by atoms with E-state index in [1.807, 2.05) is 48.5 Å². The molecule has 4 rings (SSSR count). The third-order valence-corrected chi connectivity index (χ3v) is 4.88. The van der Waals surface area contributed by atoms with Crippen molar-refractivity contribution in [1.82, 2.24) is 5.32 Å². The second-order valence-electron chi connectivity index (χ2n) is 6.57. The van der Waals surface area contributed by atoms with Gasteiger partial charge in [0.25, 0.3) is 0 Å². The van der Waals surface area contributed by atoms with Crippen LogP contribution in [0, 0.1) is 11.6 Å². The average molecular weight is 381 g/mol. The first kappa shape index (κ1) is 18.0. The van der Waals surface area contributed by atoms with Gasteiger partial charge < -0.3 is 15.2 Å². The van der Waals surface area contributed by atoms with Crippen LogP contribution in [0.5, 0.6) is 5.75 Å². The molecule has 0 atom stereocenters. The number of phenolic OH excluding ortho intramolecular Hbond substituents is 1. The van der Waals surface area contributed by atoms with Crippen molar-refractivity contribution < 1.29 is 23.4 Å². The summed E-state index contributed by atoms with van der Waals surface area (Å²) in [5.74, 6) is -2.48. The number of amides is 1. The number of alkyl carbamates (subject to hydrolysis) is 1. The van der Waals surface area contributed by atoms with Crippen LogP contribution >= 0.6 is 0 Å². The third kappa shape index (κ3) is 3.29. The van der Waals surface area contributed by atoms with Gasteiger partial charge in [-0.3, -0.25) is 0 Å². The Balaban J connectivity index is 1.43. The third-order valence-electron chi connectivity index (χ3n) is 4.88. The smallest absolute Gasteiger partial charge is 0.407 e.